The fourth-order valence-electron chi connectivity index (χ4n) is 0.872. The van der Waals surface area contributed by atoms with Crippen LogP contribution in [0, 0.1) is 0 Å². The molecule has 0 saturated heterocycles. The summed E-state index contributed by atoms with van der Waals surface area (Å²) >= 11 is 10.2. The molecule has 72 valence electrons. The van der Waals surface area contributed by atoms with Gasteiger partial charge >= 0.3 is 35.5 Å². The SMILES string of the molecule is O=C(Cc1ccccc1)ON(Cl)Cl.[NaH]. The molecule has 0 unspecified atom stereocenters. The summed E-state index contributed by atoms with van der Waals surface area (Å²) in [7, 11) is 0. The van der Waals surface area contributed by atoms with Crippen LogP contribution in [0.1, 0.15) is 5.56 Å². The number of carbonyl (C=O) groups excluding carboxylic acids is 1. The summed E-state index contributed by atoms with van der Waals surface area (Å²) in [5.41, 5.74) is 0.850. The molecule has 0 atom stereocenters. The van der Waals surface area contributed by atoms with Gasteiger partial charge in [0.25, 0.3) is 0 Å². The van der Waals surface area contributed by atoms with Gasteiger partial charge in [0, 0.05) is 27.7 Å². The second-order valence-electron chi connectivity index (χ2n) is 2.33. The van der Waals surface area contributed by atoms with Crippen LogP contribution in [0.3, 0.4) is 0 Å². The van der Waals surface area contributed by atoms with E-state index in [4.69, 9.17) is 23.6 Å². The van der Waals surface area contributed by atoms with Crippen molar-refractivity contribution in [1.29, 1.82) is 0 Å². The Morgan fingerprint density at radius 3 is 2.36 bits per heavy atom. The molecule has 1 aromatic rings. The van der Waals surface area contributed by atoms with Crippen molar-refractivity contribution in [2.75, 3.05) is 0 Å². The van der Waals surface area contributed by atoms with Gasteiger partial charge in [-0.25, -0.2) is 4.79 Å². The first-order valence-electron chi connectivity index (χ1n) is 3.55. The van der Waals surface area contributed by atoms with Crippen LogP contribution in [-0.4, -0.2) is 39.6 Å². The van der Waals surface area contributed by atoms with E-state index < -0.39 is 5.97 Å². The third-order valence-electron chi connectivity index (χ3n) is 1.36. The first kappa shape index (κ1) is 14.2. The third-order valence-corrected chi connectivity index (χ3v) is 1.50. The van der Waals surface area contributed by atoms with E-state index in [0.29, 0.717) is 4.10 Å². The molecule has 0 aliphatic rings. The maximum atomic E-state index is 11.0. The zero-order valence-electron chi connectivity index (χ0n) is 6.61. The molecule has 0 bridgehead atoms. The Labute approximate surface area is 114 Å². The van der Waals surface area contributed by atoms with E-state index in [-0.39, 0.29) is 36.0 Å². The van der Waals surface area contributed by atoms with Crippen molar-refractivity contribution in [2.45, 2.75) is 6.42 Å². The summed E-state index contributed by atoms with van der Waals surface area (Å²) in [5, 5.41) is 0. The van der Waals surface area contributed by atoms with E-state index in [1.54, 1.807) is 0 Å². The monoisotopic (exact) mass is 243 g/mol. The van der Waals surface area contributed by atoms with Crippen LogP contribution < -0.4 is 0 Å². The van der Waals surface area contributed by atoms with E-state index in [1.807, 2.05) is 30.3 Å². The Kier molecular flexibility index (Phi) is 7.64. The molecule has 0 saturated carbocycles. The first-order chi connectivity index (χ1) is 6.18. The average molecular weight is 244 g/mol. The summed E-state index contributed by atoms with van der Waals surface area (Å²) in [4.78, 5) is 15.4. The summed E-state index contributed by atoms with van der Waals surface area (Å²) in [6.07, 6.45) is 0.150. The van der Waals surface area contributed by atoms with E-state index in [0.717, 1.165) is 5.56 Å². The third kappa shape index (κ3) is 5.86. The minimum atomic E-state index is -0.504. The van der Waals surface area contributed by atoms with Crippen LogP contribution >= 0.6 is 23.6 Å². The Hall–Kier alpha value is 0.230. The van der Waals surface area contributed by atoms with Crippen molar-refractivity contribution in [2.24, 2.45) is 0 Å². The minimum absolute atomic E-state index is 0. The molecule has 1 aromatic carbocycles. The Morgan fingerprint density at radius 2 is 1.86 bits per heavy atom. The second-order valence-corrected chi connectivity index (χ2v) is 3.11. The van der Waals surface area contributed by atoms with Gasteiger partial charge in [-0.2, -0.15) is 0 Å². The Balaban J connectivity index is 0.00000169. The zero-order chi connectivity index (χ0) is 9.68. The van der Waals surface area contributed by atoms with E-state index in [1.165, 1.54) is 0 Å². The first-order valence-corrected chi connectivity index (χ1v) is 4.22. The summed E-state index contributed by atoms with van der Waals surface area (Å²) < 4.78 is 0.339. The van der Waals surface area contributed by atoms with Gasteiger partial charge in [-0.3, -0.25) is 0 Å². The number of halogens is 2. The summed E-state index contributed by atoms with van der Waals surface area (Å²) in [6.45, 7) is 0. The molecule has 1 rings (SSSR count). The fraction of sp³-hybridized carbons (Fsp3) is 0.125. The fourth-order valence-corrected chi connectivity index (χ4v) is 1.03. The van der Waals surface area contributed by atoms with Crippen molar-refractivity contribution < 1.29 is 9.63 Å². The molecule has 0 aliphatic heterocycles. The topological polar surface area (TPSA) is 29.5 Å². The molecule has 0 heterocycles. The van der Waals surface area contributed by atoms with Crippen LogP contribution in [0.15, 0.2) is 30.3 Å². The standard InChI is InChI=1S/C8H7Cl2NO2.Na.H/c9-11(10)13-8(12)6-7-4-2-1-3-5-7;;/h1-5H,6H2;;. The normalized spacial score (nSPS) is 9.36. The van der Waals surface area contributed by atoms with E-state index in [9.17, 15) is 4.79 Å². The molecule has 0 amide bonds. The van der Waals surface area contributed by atoms with Gasteiger partial charge in [-0.1, -0.05) is 30.3 Å². The van der Waals surface area contributed by atoms with Gasteiger partial charge < -0.3 is 4.84 Å². The Bertz CT molecular complexity index is 282. The molecule has 0 N–H and O–H groups in total. The molecule has 14 heavy (non-hydrogen) atoms. The van der Waals surface area contributed by atoms with E-state index in [2.05, 4.69) is 4.84 Å². The van der Waals surface area contributed by atoms with E-state index >= 15 is 0 Å². The number of hydrogen-bond acceptors (Lipinski definition) is 3. The van der Waals surface area contributed by atoms with Gasteiger partial charge in [-0.05, 0) is 5.56 Å². The van der Waals surface area contributed by atoms with Crippen LogP contribution in [0.25, 0.3) is 0 Å². The van der Waals surface area contributed by atoms with Crippen LogP contribution in [0.2, 0.25) is 0 Å². The second kappa shape index (κ2) is 7.51. The van der Waals surface area contributed by atoms with Gasteiger partial charge in [0.05, 0.1) is 6.42 Å². The molecule has 0 aromatic heterocycles. The molecule has 3 nitrogen and oxygen atoms in total. The quantitative estimate of drug-likeness (QED) is 0.460. The summed E-state index contributed by atoms with van der Waals surface area (Å²) in [5.74, 6) is -0.504. The van der Waals surface area contributed by atoms with Gasteiger partial charge in [0.1, 0.15) is 0 Å². The predicted molar refractivity (Wildman–Crippen MR) is 56.9 cm³/mol. The number of nitrogens with zero attached hydrogens (tertiary/aromatic N) is 1. The molecular weight excluding hydrogens is 236 g/mol. The summed E-state index contributed by atoms with van der Waals surface area (Å²) in [6, 6.07) is 9.16. The van der Waals surface area contributed by atoms with Crippen molar-refractivity contribution in [1.82, 2.24) is 4.10 Å². The van der Waals surface area contributed by atoms with Crippen LogP contribution in [0.4, 0.5) is 0 Å². The molecular formula is C8H8Cl2NNaO2. The molecule has 0 aliphatic carbocycles. The van der Waals surface area contributed by atoms with Crippen molar-refractivity contribution in [3.8, 4) is 0 Å². The number of rotatable bonds is 3. The molecule has 0 radical (unpaired) electrons. The zero-order valence-corrected chi connectivity index (χ0v) is 8.13. The molecule has 0 spiro atoms. The van der Waals surface area contributed by atoms with Crippen LogP contribution in [0.5, 0.6) is 0 Å². The number of carbonyl (C=O) groups is 1. The predicted octanol–water partition coefficient (Wildman–Crippen LogP) is 1.65. The maximum absolute atomic E-state index is 11.0. The van der Waals surface area contributed by atoms with Crippen molar-refractivity contribution in [3.63, 3.8) is 0 Å². The number of benzene rings is 1. The average Bonchev–Trinajstić information content (AvgIpc) is 2.04. The number of hydrogen-bond donors (Lipinski definition) is 0. The van der Waals surface area contributed by atoms with Gasteiger partial charge in [0.15, 0.2) is 0 Å². The van der Waals surface area contributed by atoms with Gasteiger partial charge in [-0.15, -0.1) is 0 Å². The Morgan fingerprint density at radius 1 is 1.29 bits per heavy atom. The van der Waals surface area contributed by atoms with Crippen molar-refractivity contribution >= 4 is 59.1 Å². The van der Waals surface area contributed by atoms with Crippen molar-refractivity contribution in [3.05, 3.63) is 35.9 Å². The van der Waals surface area contributed by atoms with Gasteiger partial charge in [0.2, 0.25) is 0 Å². The molecule has 6 heteroatoms. The molecule has 0 fully saturated rings. The van der Waals surface area contributed by atoms with Crippen LogP contribution in [-0.2, 0) is 16.1 Å².